The lowest BCUT2D eigenvalue weighted by Gasteiger charge is -2.16. The van der Waals surface area contributed by atoms with Gasteiger partial charge in [-0.15, -0.1) is 0 Å². The van der Waals surface area contributed by atoms with Crippen LogP contribution in [-0.2, 0) is 4.79 Å². The van der Waals surface area contributed by atoms with Gasteiger partial charge in [0.25, 0.3) is 5.91 Å². The number of hydrogen-bond donors (Lipinski definition) is 3. The van der Waals surface area contributed by atoms with Gasteiger partial charge in [0.2, 0.25) is 0 Å². The maximum Gasteiger partial charge on any atom is 0.262 e. The summed E-state index contributed by atoms with van der Waals surface area (Å²) in [4.78, 5) is 12.2. The topological polar surface area (TPSA) is 83.0 Å². The first kappa shape index (κ1) is 17.3. The minimum Gasteiger partial charge on any atom is -0.504 e. The summed E-state index contributed by atoms with van der Waals surface area (Å²) in [5, 5.41) is 16.7. The lowest BCUT2D eigenvalue weighted by molar-refractivity contribution is -0.121. The third-order valence-electron chi connectivity index (χ3n) is 3.43. The van der Waals surface area contributed by atoms with Gasteiger partial charge in [-0.2, -0.15) is 5.10 Å². The first-order chi connectivity index (χ1) is 11.6. The van der Waals surface area contributed by atoms with Crippen LogP contribution in [0.3, 0.4) is 0 Å². The number of aromatic hydroxyl groups is 1. The molecule has 126 valence electrons. The Morgan fingerprint density at radius 3 is 2.71 bits per heavy atom. The van der Waals surface area contributed by atoms with Gasteiger partial charge in [0.15, 0.2) is 11.5 Å². The van der Waals surface area contributed by atoms with Crippen molar-refractivity contribution in [2.45, 2.75) is 19.4 Å². The third-order valence-corrected chi connectivity index (χ3v) is 3.43. The van der Waals surface area contributed by atoms with E-state index in [9.17, 15) is 9.90 Å². The zero-order valence-corrected chi connectivity index (χ0v) is 13.7. The van der Waals surface area contributed by atoms with Gasteiger partial charge in [-0.05, 0) is 42.3 Å². The Bertz CT molecular complexity index is 702. The van der Waals surface area contributed by atoms with Crippen molar-refractivity contribution >= 4 is 17.8 Å². The smallest absolute Gasteiger partial charge is 0.262 e. The highest BCUT2D eigenvalue weighted by molar-refractivity contribution is 5.87. The molecule has 24 heavy (non-hydrogen) atoms. The standard InChI is InChI=1S/C18H21N3O3/c1-3-15(20-14-7-5-4-6-8-14)18(23)21-19-12-13-9-10-16(22)17(11-13)24-2/h4-12,15,20,22H,3H2,1-2H3,(H,21,23). The molecule has 0 saturated heterocycles. The molecule has 0 heterocycles. The van der Waals surface area contributed by atoms with Crippen molar-refractivity contribution < 1.29 is 14.6 Å². The first-order valence-corrected chi connectivity index (χ1v) is 7.65. The maximum atomic E-state index is 12.2. The lowest BCUT2D eigenvalue weighted by atomic mass is 10.2. The van der Waals surface area contributed by atoms with Gasteiger partial charge in [-0.1, -0.05) is 25.1 Å². The van der Waals surface area contributed by atoms with Gasteiger partial charge in [0.1, 0.15) is 6.04 Å². The number of anilines is 1. The summed E-state index contributed by atoms with van der Waals surface area (Å²) >= 11 is 0. The van der Waals surface area contributed by atoms with E-state index in [0.29, 0.717) is 17.7 Å². The maximum absolute atomic E-state index is 12.2. The number of hydrazone groups is 1. The van der Waals surface area contributed by atoms with E-state index in [2.05, 4.69) is 15.8 Å². The number of amides is 1. The largest absolute Gasteiger partial charge is 0.504 e. The van der Waals surface area contributed by atoms with Crippen molar-refractivity contribution in [3.63, 3.8) is 0 Å². The van der Waals surface area contributed by atoms with Crippen LogP contribution in [0.25, 0.3) is 0 Å². The molecule has 2 rings (SSSR count). The molecule has 6 nitrogen and oxygen atoms in total. The lowest BCUT2D eigenvalue weighted by Crippen LogP contribution is -2.36. The summed E-state index contributed by atoms with van der Waals surface area (Å²) in [6.45, 7) is 1.93. The Balaban J connectivity index is 1.95. The number of para-hydroxylation sites is 1. The van der Waals surface area contributed by atoms with E-state index in [0.717, 1.165) is 5.69 Å². The molecule has 1 amide bonds. The average molecular weight is 327 g/mol. The van der Waals surface area contributed by atoms with Crippen LogP contribution >= 0.6 is 0 Å². The van der Waals surface area contributed by atoms with Crippen molar-refractivity contribution in [1.29, 1.82) is 0 Å². The number of rotatable bonds is 7. The van der Waals surface area contributed by atoms with Crippen molar-refractivity contribution in [1.82, 2.24) is 5.43 Å². The Kier molecular flexibility index (Phi) is 6.19. The number of phenolic OH excluding ortho intramolecular Hbond substituents is 1. The van der Waals surface area contributed by atoms with Crippen LogP contribution in [0.2, 0.25) is 0 Å². The number of methoxy groups -OCH3 is 1. The van der Waals surface area contributed by atoms with Gasteiger partial charge < -0.3 is 15.2 Å². The fourth-order valence-electron chi connectivity index (χ4n) is 2.11. The van der Waals surface area contributed by atoms with Gasteiger partial charge in [0, 0.05) is 5.69 Å². The molecule has 0 aliphatic rings. The SMILES string of the molecule is CCC(Nc1ccccc1)C(=O)NN=Cc1ccc(O)c(OC)c1. The van der Waals surface area contributed by atoms with Crippen LogP contribution < -0.4 is 15.5 Å². The molecule has 0 aromatic heterocycles. The fourth-order valence-corrected chi connectivity index (χ4v) is 2.11. The van der Waals surface area contributed by atoms with Gasteiger partial charge in [0.05, 0.1) is 13.3 Å². The molecule has 3 N–H and O–H groups in total. The van der Waals surface area contributed by atoms with E-state index in [1.54, 1.807) is 12.1 Å². The van der Waals surface area contributed by atoms with Crippen LogP contribution in [0.5, 0.6) is 11.5 Å². The zero-order chi connectivity index (χ0) is 17.4. The summed E-state index contributed by atoms with van der Waals surface area (Å²) in [7, 11) is 1.47. The number of nitrogens with one attached hydrogen (secondary N) is 2. The summed E-state index contributed by atoms with van der Waals surface area (Å²) in [5.74, 6) is 0.183. The number of phenols is 1. The highest BCUT2D eigenvalue weighted by Gasteiger charge is 2.15. The Hall–Kier alpha value is -3.02. The molecule has 2 aromatic rings. The third kappa shape index (κ3) is 4.74. The molecular formula is C18H21N3O3. The van der Waals surface area contributed by atoms with Gasteiger partial charge in [-0.3, -0.25) is 4.79 Å². The number of ether oxygens (including phenoxy) is 1. The van der Waals surface area contributed by atoms with E-state index >= 15 is 0 Å². The van der Waals surface area contributed by atoms with E-state index in [-0.39, 0.29) is 17.7 Å². The molecule has 0 bridgehead atoms. The molecule has 1 atom stereocenters. The molecule has 0 radical (unpaired) electrons. The highest BCUT2D eigenvalue weighted by Crippen LogP contribution is 2.25. The molecule has 0 spiro atoms. The van der Waals surface area contributed by atoms with Crippen molar-refractivity contribution in [3.05, 3.63) is 54.1 Å². The minimum absolute atomic E-state index is 0.0526. The molecule has 1 unspecified atom stereocenters. The quantitative estimate of drug-likeness (QED) is 0.539. The Morgan fingerprint density at radius 2 is 2.04 bits per heavy atom. The van der Waals surface area contributed by atoms with E-state index < -0.39 is 0 Å². The van der Waals surface area contributed by atoms with Crippen LogP contribution in [0, 0.1) is 0 Å². The summed E-state index contributed by atoms with van der Waals surface area (Å²) in [5.41, 5.74) is 4.10. The number of nitrogens with zero attached hydrogens (tertiary/aromatic N) is 1. The molecule has 0 saturated carbocycles. The van der Waals surface area contributed by atoms with Crippen molar-refractivity contribution in [3.8, 4) is 11.5 Å². The van der Waals surface area contributed by atoms with Crippen molar-refractivity contribution in [2.24, 2.45) is 5.10 Å². The second-order valence-electron chi connectivity index (χ2n) is 5.14. The first-order valence-electron chi connectivity index (χ1n) is 7.65. The summed E-state index contributed by atoms with van der Waals surface area (Å²) in [6, 6.07) is 14.0. The normalized spacial score (nSPS) is 11.9. The Labute approximate surface area is 141 Å². The summed E-state index contributed by atoms with van der Waals surface area (Å²) < 4.78 is 5.03. The monoisotopic (exact) mass is 327 g/mol. The van der Waals surface area contributed by atoms with E-state index in [4.69, 9.17) is 4.74 Å². The fraction of sp³-hybridized carbons (Fsp3) is 0.222. The number of benzene rings is 2. The second-order valence-corrected chi connectivity index (χ2v) is 5.14. The predicted octanol–water partition coefficient (Wildman–Crippen LogP) is 2.74. The van der Waals surface area contributed by atoms with Crippen molar-refractivity contribution in [2.75, 3.05) is 12.4 Å². The van der Waals surface area contributed by atoms with Crippen LogP contribution in [0.1, 0.15) is 18.9 Å². The second kappa shape index (κ2) is 8.57. The number of carbonyl (C=O) groups excluding carboxylic acids is 1. The molecule has 2 aromatic carbocycles. The van der Waals surface area contributed by atoms with Crippen LogP contribution in [-0.4, -0.2) is 30.4 Å². The van der Waals surface area contributed by atoms with Crippen LogP contribution in [0.15, 0.2) is 53.6 Å². The molecule has 0 fully saturated rings. The van der Waals surface area contributed by atoms with E-state index in [1.807, 2.05) is 37.3 Å². The minimum atomic E-state index is -0.376. The molecule has 6 heteroatoms. The zero-order valence-electron chi connectivity index (χ0n) is 13.7. The predicted molar refractivity (Wildman–Crippen MR) is 94.5 cm³/mol. The average Bonchev–Trinajstić information content (AvgIpc) is 2.61. The molecule has 0 aliphatic carbocycles. The molecule has 0 aliphatic heterocycles. The van der Waals surface area contributed by atoms with Gasteiger partial charge >= 0.3 is 0 Å². The molecular weight excluding hydrogens is 306 g/mol. The van der Waals surface area contributed by atoms with Crippen LogP contribution in [0.4, 0.5) is 5.69 Å². The van der Waals surface area contributed by atoms with E-state index in [1.165, 1.54) is 19.4 Å². The highest BCUT2D eigenvalue weighted by atomic mass is 16.5. The summed E-state index contributed by atoms with van der Waals surface area (Å²) in [6.07, 6.45) is 2.12. The van der Waals surface area contributed by atoms with Gasteiger partial charge in [-0.25, -0.2) is 5.43 Å². The Morgan fingerprint density at radius 1 is 1.29 bits per heavy atom. The number of hydrogen-bond acceptors (Lipinski definition) is 5. The number of carbonyl (C=O) groups is 1.